The lowest BCUT2D eigenvalue weighted by Crippen LogP contribution is -2.38. The number of carbonyl (C=O) groups excluding carboxylic acids is 2. The molecule has 0 fully saturated rings. The molecule has 0 bridgehead atoms. The van der Waals surface area contributed by atoms with Crippen molar-refractivity contribution in [1.82, 2.24) is 4.90 Å². The van der Waals surface area contributed by atoms with Crippen LogP contribution in [0.4, 0.5) is 0 Å². The molecule has 0 aliphatic heterocycles. The molecular formula is C22H43NO3. The smallest absolute Gasteiger partial charge is 0.318 e. The minimum absolute atomic E-state index is 0.103. The zero-order chi connectivity index (χ0) is 19.6. The molecule has 0 saturated carbocycles. The molecule has 0 aromatic rings. The van der Waals surface area contributed by atoms with Crippen molar-refractivity contribution < 1.29 is 14.3 Å². The summed E-state index contributed by atoms with van der Waals surface area (Å²) in [5.74, 6) is -1.13. The summed E-state index contributed by atoms with van der Waals surface area (Å²) in [5, 5.41) is 0. The third-order valence-corrected chi connectivity index (χ3v) is 5.00. The highest BCUT2D eigenvalue weighted by molar-refractivity contribution is 5.97. The Hall–Kier alpha value is -1.06. The quantitative estimate of drug-likeness (QED) is 0.187. The summed E-state index contributed by atoms with van der Waals surface area (Å²) in [6.45, 7) is 6.94. The largest absolute Gasteiger partial charge is 0.465 e. The molecule has 0 aromatic heterocycles. The molecular weight excluding hydrogens is 326 g/mol. The van der Waals surface area contributed by atoms with Crippen molar-refractivity contribution in [2.24, 2.45) is 5.92 Å². The van der Waals surface area contributed by atoms with E-state index in [9.17, 15) is 9.59 Å². The van der Waals surface area contributed by atoms with E-state index in [1.54, 1.807) is 18.9 Å². The Bertz CT molecular complexity index is 357. The summed E-state index contributed by atoms with van der Waals surface area (Å²) in [5.41, 5.74) is 0. The van der Waals surface area contributed by atoms with E-state index in [1.165, 1.54) is 64.2 Å². The van der Waals surface area contributed by atoms with Crippen LogP contribution in [-0.2, 0) is 14.3 Å². The van der Waals surface area contributed by atoms with Crippen molar-refractivity contribution in [3.63, 3.8) is 0 Å². The highest BCUT2D eigenvalue weighted by atomic mass is 16.5. The molecule has 1 amide bonds. The Morgan fingerprint density at radius 2 is 1.23 bits per heavy atom. The second-order valence-corrected chi connectivity index (χ2v) is 7.36. The fourth-order valence-electron chi connectivity index (χ4n) is 3.25. The van der Waals surface area contributed by atoms with Gasteiger partial charge in [0, 0.05) is 13.6 Å². The summed E-state index contributed by atoms with van der Waals surface area (Å²) < 4.78 is 5.00. The number of unbranched alkanes of at least 4 members (excludes halogenated alkanes) is 11. The van der Waals surface area contributed by atoms with E-state index in [2.05, 4.69) is 6.92 Å². The van der Waals surface area contributed by atoms with E-state index in [4.69, 9.17) is 4.74 Å². The van der Waals surface area contributed by atoms with E-state index < -0.39 is 5.92 Å². The number of nitrogens with zero attached hydrogens (tertiary/aromatic N) is 1. The monoisotopic (exact) mass is 369 g/mol. The van der Waals surface area contributed by atoms with Crippen LogP contribution in [-0.4, -0.2) is 37.0 Å². The maximum absolute atomic E-state index is 12.3. The summed E-state index contributed by atoms with van der Waals surface area (Å²) in [6.07, 6.45) is 16.2. The fraction of sp³-hybridized carbons (Fsp3) is 0.909. The third kappa shape index (κ3) is 12.3. The predicted molar refractivity (Wildman–Crippen MR) is 109 cm³/mol. The standard InChI is InChI=1S/C22H43NO3/c1-5-8-9-10-11-12-13-14-15-16-17-18-19-23(4)21(24)20(6-2)22(25)26-7-3/h20H,5-19H2,1-4H3. The molecule has 0 N–H and O–H groups in total. The molecule has 0 radical (unpaired) electrons. The molecule has 154 valence electrons. The van der Waals surface area contributed by atoms with Crippen molar-refractivity contribution in [2.75, 3.05) is 20.2 Å². The van der Waals surface area contributed by atoms with Gasteiger partial charge in [0.05, 0.1) is 6.61 Å². The Morgan fingerprint density at radius 3 is 1.65 bits per heavy atom. The minimum Gasteiger partial charge on any atom is -0.465 e. The van der Waals surface area contributed by atoms with Gasteiger partial charge in [-0.05, 0) is 19.8 Å². The molecule has 0 aliphatic rings. The molecule has 1 atom stereocenters. The Balaban J connectivity index is 3.65. The average molecular weight is 370 g/mol. The topological polar surface area (TPSA) is 46.6 Å². The van der Waals surface area contributed by atoms with Crippen molar-refractivity contribution in [2.45, 2.75) is 104 Å². The van der Waals surface area contributed by atoms with Crippen molar-refractivity contribution >= 4 is 11.9 Å². The van der Waals surface area contributed by atoms with Crippen LogP contribution in [0.2, 0.25) is 0 Å². The Labute approximate surface area is 162 Å². The van der Waals surface area contributed by atoms with Crippen LogP contribution < -0.4 is 0 Å². The van der Waals surface area contributed by atoms with Crippen LogP contribution >= 0.6 is 0 Å². The van der Waals surface area contributed by atoms with Gasteiger partial charge in [0.2, 0.25) is 5.91 Å². The number of rotatable bonds is 17. The van der Waals surface area contributed by atoms with Crippen LogP contribution in [0.3, 0.4) is 0 Å². The number of amides is 1. The average Bonchev–Trinajstić information content (AvgIpc) is 2.63. The lowest BCUT2D eigenvalue weighted by Gasteiger charge is -2.22. The number of esters is 1. The molecule has 4 heteroatoms. The van der Waals surface area contributed by atoms with Crippen molar-refractivity contribution in [3.05, 3.63) is 0 Å². The van der Waals surface area contributed by atoms with Crippen LogP contribution in [0.1, 0.15) is 104 Å². The van der Waals surface area contributed by atoms with Gasteiger partial charge in [0.25, 0.3) is 0 Å². The van der Waals surface area contributed by atoms with E-state index in [-0.39, 0.29) is 11.9 Å². The van der Waals surface area contributed by atoms with Gasteiger partial charge in [-0.2, -0.15) is 0 Å². The first-order valence-electron chi connectivity index (χ1n) is 11.0. The van der Waals surface area contributed by atoms with Gasteiger partial charge in [0.1, 0.15) is 5.92 Å². The molecule has 0 saturated heterocycles. The second-order valence-electron chi connectivity index (χ2n) is 7.36. The normalized spacial score (nSPS) is 12.0. The first-order chi connectivity index (χ1) is 12.6. The van der Waals surface area contributed by atoms with Crippen molar-refractivity contribution in [3.8, 4) is 0 Å². The minimum atomic E-state index is -0.641. The highest BCUT2D eigenvalue weighted by Gasteiger charge is 2.28. The van der Waals surface area contributed by atoms with E-state index in [1.807, 2.05) is 6.92 Å². The third-order valence-electron chi connectivity index (χ3n) is 5.00. The molecule has 0 rings (SSSR count). The molecule has 0 spiro atoms. The van der Waals surface area contributed by atoms with Crippen LogP contribution in [0, 0.1) is 5.92 Å². The zero-order valence-corrected chi connectivity index (χ0v) is 17.9. The maximum atomic E-state index is 12.3. The molecule has 0 aromatic carbocycles. The Morgan fingerprint density at radius 1 is 0.769 bits per heavy atom. The van der Waals surface area contributed by atoms with Crippen molar-refractivity contribution in [1.29, 1.82) is 0 Å². The van der Waals surface area contributed by atoms with Gasteiger partial charge in [-0.1, -0.05) is 84.5 Å². The predicted octanol–water partition coefficient (Wildman–Crippen LogP) is 5.74. The molecule has 0 heterocycles. The summed E-state index contributed by atoms with van der Waals surface area (Å²) >= 11 is 0. The van der Waals surface area contributed by atoms with Gasteiger partial charge in [-0.3, -0.25) is 9.59 Å². The number of hydrogen-bond acceptors (Lipinski definition) is 3. The van der Waals surface area contributed by atoms with Gasteiger partial charge in [-0.25, -0.2) is 0 Å². The van der Waals surface area contributed by atoms with Crippen LogP contribution in [0.25, 0.3) is 0 Å². The number of hydrogen-bond donors (Lipinski definition) is 0. The second kappa shape index (κ2) is 17.4. The van der Waals surface area contributed by atoms with E-state index >= 15 is 0 Å². The summed E-state index contributed by atoms with van der Waals surface area (Å²) in [4.78, 5) is 25.9. The summed E-state index contributed by atoms with van der Waals surface area (Å²) in [7, 11) is 1.79. The lowest BCUT2D eigenvalue weighted by atomic mass is 10.0. The Kier molecular flexibility index (Phi) is 16.7. The molecule has 26 heavy (non-hydrogen) atoms. The lowest BCUT2D eigenvalue weighted by molar-refractivity contribution is -0.155. The van der Waals surface area contributed by atoms with Crippen LogP contribution in [0.5, 0.6) is 0 Å². The van der Waals surface area contributed by atoms with Gasteiger partial charge >= 0.3 is 5.97 Å². The van der Waals surface area contributed by atoms with Gasteiger partial charge in [0.15, 0.2) is 0 Å². The molecule has 4 nitrogen and oxygen atoms in total. The van der Waals surface area contributed by atoms with Gasteiger partial charge in [-0.15, -0.1) is 0 Å². The van der Waals surface area contributed by atoms with Gasteiger partial charge < -0.3 is 9.64 Å². The first-order valence-corrected chi connectivity index (χ1v) is 11.0. The highest BCUT2D eigenvalue weighted by Crippen LogP contribution is 2.13. The fourth-order valence-corrected chi connectivity index (χ4v) is 3.25. The number of carbonyl (C=O) groups is 2. The number of ether oxygens (including phenoxy) is 1. The maximum Gasteiger partial charge on any atom is 0.318 e. The zero-order valence-electron chi connectivity index (χ0n) is 17.9. The molecule has 1 unspecified atom stereocenters. The summed E-state index contributed by atoms with van der Waals surface area (Å²) in [6, 6.07) is 0. The molecule has 0 aliphatic carbocycles. The van der Waals surface area contributed by atoms with E-state index in [0.717, 1.165) is 19.4 Å². The first kappa shape index (κ1) is 24.9. The van der Waals surface area contributed by atoms with Crippen LogP contribution in [0.15, 0.2) is 0 Å². The van der Waals surface area contributed by atoms with E-state index in [0.29, 0.717) is 13.0 Å². The SMILES string of the molecule is CCCCCCCCCCCCCCN(C)C(=O)C(CC)C(=O)OCC.